The van der Waals surface area contributed by atoms with Crippen molar-refractivity contribution in [2.45, 2.75) is 44.2 Å². The number of hydrogen-bond donors (Lipinski definition) is 4. The predicted octanol–water partition coefficient (Wildman–Crippen LogP) is 2.47. The van der Waals surface area contributed by atoms with E-state index in [2.05, 4.69) is 5.32 Å². The first kappa shape index (κ1) is 22.1. The van der Waals surface area contributed by atoms with Gasteiger partial charge in [-0.05, 0) is 29.5 Å². The fraction of sp³-hybridized carbons (Fsp3) is 0.318. The van der Waals surface area contributed by atoms with Gasteiger partial charge in [-0.2, -0.15) is 0 Å². The lowest BCUT2D eigenvalue weighted by Gasteiger charge is -2.20. The molecule has 0 spiro atoms. The number of nitrogens with one attached hydrogen (secondary N) is 1. The molecule has 7 heteroatoms. The number of hydrogen-bond acceptors (Lipinski definition) is 4. The van der Waals surface area contributed by atoms with E-state index in [1.165, 1.54) is 0 Å². The van der Waals surface area contributed by atoms with Gasteiger partial charge in [0, 0.05) is 25.3 Å². The molecule has 2 aromatic rings. The van der Waals surface area contributed by atoms with E-state index in [-0.39, 0.29) is 31.6 Å². The molecule has 0 saturated heterocycles. The van der Waals surface area contributed by atoms with Crippen molar-refractivity contribution < 1.29 is 29.7 Å². The SMILES string of the molecule is O=C(O)CCCC(=O)NC(Cc1ccc(-c2ccccc2)cc1)C[C@@H](O)C(=O)O. The summed E-state index contributed by atoms with van der Waals surface area (Å²) in [5.41, 5.74) is 3.00. The summed E-state index contributed by atoms with van der Waals surface area (Å²) in [5, 5.41) is 30.0. The highest BCUT2D eigenvalue weighted by atomic mass is 16.4. The van der Waals surface area contributed by atoms with E-state index in [0.717, 1.165) is 16.7 Å². The van der Waals surface area contributed by atoms with E-state index in [0.29, 0.717) is 6.42 Å². The largest absolute Gasteiger partial charge is 0.481 e. The van der Waals surface area contributed by atoms with Crippen LogP contribution in [0, 0.1) is 0 Å². The van der Waals surface area contributed by atoms with Gasteiger partial charge in [0.2, 0.25) is 5.91 Å². The maximum Gasteiger partial charge on any atom is 0.332 e. The van der Waals surface area contributed by atoms with Crippen molar-refractivity contribution in [1.82, 2.24) is 5.32 Å². The summed E-state index contributed by atoms with van der Waals surface area (Å²) in [4.78, 5) is 33.6. The van der Waals surface area contributed by atoms with E-state index in [1.54, 1.807) is 0 Å². The van der Waals surface area contributed by atoms with Crippen molar-refractivity contribution in [2.75, 3.05) is 0 Å². The molecule has 0 bridgehead atoms. The van der Waals surface area contributed by atoms with Gasteiger partial charge in [-0.25, -0.2) is 4.79 Å². The Morgan fingerprint density at radius 3 is 2.07 bits per heavy atom. The number of amides is 1. The van der Waals surface area contributed by atoms with Crippen molar-refractivity contribution in [2.24, 2.45) is 0 Å². The van der Waals surface area contributed by atoms with E-state index in [4.69, 9.17) is 10.2 Å². The van der Waals surface area contributed by atoms with E-state index < -0.39 is 24.1 Å². The van der Waals surface area contributed by atoms with Crippen molar-refractivity contribution >= 4 is 17.8 Å². The van der Waals surface area contributed by atoms with Crippen LogP contribution in [0.15, 0.2) is 54.6 Å². The summed E-state index contributed by atoms with van der Waals surface area (Å²) in [5.74, 6) is -2.70. The Hall–Kier alpha value is -3.19. The zero-order chi connectivity index (χ0) is 21.2. The molecule has 1 amide bonds. The molecule has 0 saturated carbocycles. The van der Waals surface area contributed by atoms with Crippen LogP contribution in [0.3, 0.4) is 0 Å². The molecule has 0 fully saturated rings. The Morgan fingerprint density at radius 2 is 1.48 bits per heavy atom. The average Bonchev–Trinajstić information content (AvgIpc) is 2.68. The zero-order valence-corrected chi connectivity index (χ0v) is 16.0. The first-order chi connectivity index (χ1) is 13.8. The average molecular weight is 399 g/mol. The summed E-state index contributed by atoms with van der Waals surface area (Å²) in [6, 6.07) is 17.0. The van der Waals surface area contributed by atoms with Gasteiger partial charge >= 0.3 is 11.9 Å². The minimum Gasteiger partial charge on any atom is -0.481 e. The lowest BCUT2D eigenvalue weighted by atomic mass is 9.97. The third-order valence-electron chi connectivity index (χ3n) is 4.50. The maximum atomic E-state index is 12.1. The van der Waals surface area contributed by atoms with Gasteiger partial charge in [-0.15, -0.1) is 0 Å². The summed E-state index contributed by atoms with van der Waals surface area (Å²) >= 11 is 0. The number of carbonyl (C=O) groups excluding carboxylic acids is 1. The highest BCUT2D eigenvalue weighted by Gasteiger charge is 2.22. The molecule has 0 radical (unpaired) electrons. The topological polar surface area (TPSA) is 124 Å². The number of aliphatic hydroxyl groups excluding tert-OH is 1. The van der Waals surface area contributed by atoms with Crippen LogP contribution in [0.1, 0.15) is 31.2 Å². The number of aliphatic carboxylic acids is 2. The molecule has 0 aliphatic heterocycles. The van der Waals surface area contributed by atoms with Crippen molar-refractivity contribution in [3.05, 3.63) is 60.2 Å². The van der Waals surface area contributed by atoms with Crippen LogP contribution in [0.5, 0.6) is 0 Å². The number of benzene rings is 2. The molecule has 154 valence electrons. The van der Waals surface area contributed by atoms with Crippen LogP contribution in [-0.2, 0) is 20.8 Å². The number of aliphatic hydroxyl groups is 1. The monoisotopic (exact) mass is 399 g/mol. The molecule has 2 aromatic carbocycles. The number of carboxylic acids is 2. The predicted molar refractivity (Wildman–Crippen MR) is 107 cm³/mol. The van der Waals surface area contributed by atoms with E-state index in [9.17, 15) is 19.5 Å². The molecule has 7 nitrogen and oxygen atoms in total. The first-order valence-corrected chi connectivity index (χ1v) is 9.41. The van der Waals surface area contributed by atoms with Gasteiger partial charge in [0.1, 0.15) is 0 Å². The molecular formula is C22H25NO6. The van der Waals surface area contributed by atoms with Gasteiger partial charge in [0.15, 0.2) is 6.10 Å². The van der Waals surface area contributed by atoms with Crippen LogP contribution < -0.4 is 5.32 Å². The summed E-state index contributed by atoms with van der Waals surface area (Å²) < 4.78 is 0. The lowest BCUT2D eigenvalue weighted by molar-refractivity contribution is -0.147. The highest BCUT2D eigenvalue weighted by Crippen LogP contribution is 2.20. The number of carbonyl (C=O) groups is 3. The summed E-state index contributed by atoms with van der Waals surface area (Å²) in [6.07, 6.45) is -1.27. The normalized spacial score (nSPS) is 12.7. The lowest BCUT2D eigenvalue weighted by Crippen LogP contribution is -2.40. The summed E-state index contributed by atoms with van der Waals surface area (Å²) in [6.45, 7) is 0. The fourth-order valence-corrected chi connectivity index (χ4v) is 3.01. The quantitative estimate of drug-likeness (QED) is 0.460. The third kappa shape index (κ3) is 7.75. The van der Waals surface area contributed by atoms with Crippen molar-refractivity contribution in [3.63, 3.8) is 0 Å². The second-order valence-electron chi connectivity index (χ2n) is 6.87. The van der Waals surface area contributed by atoms with Gasteiger partial charge < -0.3 is 20.6 Å². The Morgan fingerprint density at radius 1 is 0.862 bits per heavy atom. The molecule has 0 aromatic heterocycles. The molecule has 1 unspecified atom stereocenters. The van der Waals surface area contributed by atoms with Crippen molar-refractivity contribution in [1.29, 1.82) is 0 Å². The third-order valence-corrected chi connectivity index (χ3v) is 4.50. The number of carboxylic acid groups (broad SMARTS) is 2. The minimum absolute atomic E-state index is 0.0267. The molecule has 2 rings (SSSR count). The minimum atomic E-state index is -1.59. The smallest absolute Gasteiger partial charge is 0.332 e. The second kappa shape index (κ2) is 11.0. The molecule has 2 atom stereocenters. The number of rotatable bonds is 11. The molecule has 0 aliphatic carbocycles. The Labute approximate surface area is 169 Å². The standard InChI is InChI=1S/C22H25NO6/c24-19(22(28)29)14-18(23-20(25)7-4-8-21(26)27)13-15-9-11-17(12-10-15)16-5-2-1-3-6-16/h1-3,5-6,9-12,18-19,24H,4,7-8,13-14H2,(H,23,25)(H,26,27)(H,28,29)/t18?,19-/m1/s1. The Bertz CT molecular complexity index is 819. The fourth-order valence-electron chi connectivity index (χ4n) is 3.01. The van der Waals surface area contributed by atoms with Crippen molar-refractivity contribution in [3.8, 4) is 11.1 Å². The van der Waals surface area contributed by atoms with Crippen LogP contribution in [0.25, 0.3) is 11.1 Å². The Balaban J connectivity index is 2.03. The molecule has 0 heterocycles. The second-order valence-corrected chi connectivity index (χ2v) is 6.87. The van der Waals surface area contributed by atoms with Gasteiger partial charge in [0.25, 0.3) is 0 Å². The van der Waals surface area contributed by atoms with Crippen LogP contribution in [-0.4, -0.2) is 45.3 Å². The van der Waals surface area contributed by atoms with E-state index >= 15 is 0 Å². The Kier molecular flexibility index (Phi) is 8.36. The van der Waals surface area contributed by atoms with Crippen LogP contribution >= 0.6 is 0 Å². The summed E-state index contributed by atoms with van der Waals surface area (Å²) in [7, 11) is 0. The molecule has 29 heavy (non-hydrogen) atoms. The van der Waals surface area contributed by atoms with Crippen LogP contribution in [0.4, 0.5) is 0 Å². The highest BCUT2D eigenvalue weighted by molar-refractivity contribution is 5.77. The maximum absolute atomic E-state index is 12.1. The van der Waals surface area contributed by atoms with E-state index in [1.807, 2.05) is 54.6 Å². The molecule has 4 N–H and O–H groups in total. The van der Waals surface area contributed by atoms with Gasteiger partial charge in [-0.1, -0.05) is 54.6 Å². The molecule has 0 aliphatic rings. The zero-order valence-electron chi connectivity index (χ0n) is 16.0. The first-order valence-electron chi connectivity index (χ1n) is 9.41. The van der Waals surface area contributed by atoms with Gasteiger partial charge in [-0.3, -0.25) is 9.59 Å². The van der Waals surface area contributed by atoms with Gasteiger partial charge in [0.05, 0.1) is 0 Å². The van der Waals surface area contributed by atoms with Crippen LogP contribution in [0.2, 0.25) is 0 Å². The molecular weight excluding hydrogens is 374 g/mol.